The van der Waals surface area contributed by atoms with Crippen molar-refractivity contribution in [3.05, 3.63) is 66.0 Å². The number of hydrogen-bond donors (Lipinski definition) is 2. The van der Waals surface area contributed by atoms with Crippen LogP contribution >= 0.6 is 11.8 Å². The first-order valence-electron chi connectivity index (χ1n) is 7.38. The molecular weight excluding hydrogens is 322 g/mol. The molecule has 0 radical (unpaired) electrons. The van der Waals surface area contributed by atoms with Crippen molar-refractivity contribution >= 4 is 23.4 Å². The van der Waals surface area contributed by atoms with Crippen molar-refractivity contribution in [3.63, 3.8) is 0 Å². The van der Waals surface area contributed by atoms with E-state index in [9.17, 15) is 9.90 Å². The smallest absolute Gasteiger partial charge is 0.274 e. The highest BCUT2D eigenvalue weighted by Crippen LogP contribution is 2.26. The Morgan fingerprint density at radius 1 is 1.21 bits per heavy atom. The Hall–Kier alpha value is -2.73. The highest BCUT2D eigenvalue weighted by molar-refractivity contribution is 7.98. The normalized spacial score (nSPS) is 10.6. The molecule has 0 unspecified atom stereocenters. The first-order chi connectivity index (χ1) is 11.6. The average molecular weight is 339 g/mol. The molecule has 2 N–H and O–H groups in total. The second-order valence-corrected chi connectivity index (χ2v) is 6.05. The number of anilines is 1. The molecule has 1 amide bonds. The molecule has 0 aliphatic carbocycles. The topological polar surface area (TPSA) is 67.2 Å². The van der Waals surface area contributed by atoms with Gasteiger partial charge in [-0.05, 0) is 43.0 Å². The first-order valence-corrected chi connectivity index (χ1v) is 8.60. The van der Waals surface area contributed by atoms with E-state index in [0.717, 1.165) is 16.4 Å². The van der Waals surface area contributed by atoms with Crippen molar-refractivity contribution in [3.8, 4) is 11.4 Å². The fraction of sp³-hybridized carbons (Fsp3) is 0.111. The summed E-state index contributed by atoms with van der Waals surface area (Å²) in [5, 5.41) is 13.4. The van der Waals surface area contributed by atoms with Crippen LogP contribution in [0.25, 0.3) is 5.69 Å². The van der Waals surface area contributed by atoms with E-state index in [-0.39, 0.29) is 11.7 Å². The Morgan fingerprint density at radius 3 is 2.62 bits per heavy atom. The summed E-state index contributed by atoms with van der Waals surface area (Å²) in [7, 11) is 0. The van der Waals surface area contributed by atoms with Crippen molar-refractivity contribution in [2.24, 2.45) is 0 Å². The van der Waals surface area contributed by atoms with Crippen molar-refractivity contribution in [1.29, 1.82) is 0 Å². The van der Waals surface area contributed by atoms with Crippen molar-refractivity contribution in [2.75, 3.05) is 11.6 Å². The number of imidazole rings is 1. The lowest BCUT2D eigenvalue weighted by Crippen LogP contribution is -2.16. The third-order valence-electron chi connectivity index (χ3n) is 3.56. The number of aromatic hydroxyl groups is 1. The molecule has 24 heavy (non-hydrogen) atoms. The van der Waals surface area contributed by atoms with Crippen molar-refractivity contribution in [2.45, 2.75) is 12.1 Å². The monoisotopic (exact) mass is 339 g/mol. The number of aryl methyl sites for hydroxylation is 1. The minimum Gasteiger partial charge on any atom is -0.506 e. The number of para-hydroxylation sites is 1. The van der Waals surface area contributed by atoms with Gasteiger partial charge >= 0.3 is 0 Å². The average Bonchev–Trinajstić information content (AvgIpc) is 3.02. The summed E-state index contributed by atoms with van der Waals surface area (Å²) < 4.78 is 1.80. The standard InChI is InChI=1S/C18H17N3O2S/c1-12-8-9-14(16(22)10-12)20-17(23)15-11-19-18(24-2)21(15)13-6-4-3-5-7-13/h3-11,22H,1-2H3,(H,20,23). The third kappa shape index (κ3) is 3.14. The maximum absolute atomic E-state index is 12.7. The summed E-state index contributed by atoms with van der Waals surface area (Å²) in [5.41, 5.74) is 2.56. The number of thioether (sulfide) groups is 1. The van der Waals surface area contributed by atoms with Crippen molar-refractivity contribution < 1.29 is 9.90 Å². The molecule has 0 spiro atoms. The fourth-order valence-corrected chi connectivity index (χ4v) is 2.94. The number of benzene rings is 2. The number of phenolic OH excluding ortho intramolecular Hbond substituents is 1. The first kappa shape index (κ1) is 16.1. The van der Waals surface area contributed by atoms with Gasteiger partial charge in [0.1, 0.15) is 11.4 Å². The molecule has 0 atom stereocenters. The Kier molecular flexibility index (Phi) is 4.57. The minimum atomic E-state index is -0.328. The summed E-state index contributed by atoms with van der Waals surface area (Å²) in [4.78, 5) is 17.0. The zero-order valence-electron chi connectivity index (χ0n) is 13.4. The van der Waals surface area contributed by atoms with E-state index in [1.54, 1.807) is 22.9 Å². The number of amides is 1. The number of hydrogen-bond acceptors (Lipinski definition) is 4. The molecule has 1 aromatic heterocycles. The van der Waals surface area contributed by atoms with Crippen LogP contribution in [0.5, 0.6) is 5.75 Å². The number of carbonyl (C=O) groups excluding carboxylic acids is 1. The lowest BCUT2D eigenvalue weighted by molar-refractivity contribution is 0.101. The van der Waals surface area contributed by atoms with E-state index in [1.165, 1.54) is 11.8 Å². The minimum absolute atomic E-state index is 0.0409. The molecule has 2 aromatic carbocycles. The van der Waals surface area contributed by atoms with Crippen LogP contribution < -0.4 is 5.32 Å². The molecule has 1 heterocycles. The third-order valence-corrected chi connectivity index (χ3v) is 4.21. The molecule has 3 rings (SSSR count). The predicted molar refractivity (Wildman–Crippen MR) is 96.1 cm³/mol. The lowest BCUT2D eigenvalue weighted by atomic mass is 10.2. The van der Waals surface area contributed by atoms with E-state index < -0.39 is 0 Å². The molecule has 5 nitrogen and oxygen atoms in total. The van der Waals surface area contributed by atoms with Gasteiger partial charge in [-0.3, -0.25) is 9.36 Å². The van der Waals surface area contributed by atoms with Gasteiger partial charge in [0.25, 0.3) is 5.91 Å². The summed E-state index contributed by atoms with van der Waals surface area (Å²) in [6.07, 6.45) is 3.45. The maximum Gasteiger partial charge on any atom is 0.274 e. The fourth-order valence-electron chi connectivity index (χ4n) is 2.40. The quantitative estimate of drug-likeness (QED) is 0.559. The van der Waals surface area contributed by atoms with Crippen LogP contribution in [0.3, 0.4) is 0 Å². The zero-order valence-corrected chi connectivity index (χ0v) is 14.2. The van der Waals surface area contributed by atoms with Gasteiger partial charge in [0.15, 0.2) is 5.16 Å². The van der Waals surface area contributed by atoms with Crippen LogP contribution in [-0.4, -0.2) is 26.8 Å². The summed E-state index contributed by atoms with van der Waals surface area (Å²) in [6.45, 7) is 1.88. The van der Waals surface area contributed by atoms with E-state index >= 15 is 0 Å². The van der Waals surface area contributed by atoms with Crippen LogP contribution in [0.2, 0.25) is 0 Å². The Balaban J connectivity index is 1.97. The summed E-state index contributed by atoms with van der Waals surface area (Å²) in [6, 6.07) is 14.7. The number of aromatic nitrogens is 2. The molecule has 0 bridgehead atoms. The Morgan fingerprint density at radius 2 is 1.96 bits per heavy atom. The molecule has 0 aliphatic rings. The summed E-state index contributed by atoms with van der Waals surface area (Å²) >= 11 is 1.46. The van der Waals surface area contributed by atoms with Crippen LogP contribution in [0, 0.1) is 6.92 Å². The van der Waals surface area contributed by atoms with Crippen LogP contribution in [0.1, 0.15) is 16.1 Å². The number of rotatable bonds is 4. The van der Waals surface area contributed by atoms with Gasteiger partial charge in [-0.15, -0.1) is 0 Å². The van der Waals surface area contributed by atoms with E-state index in [1.807, 2.05) is 49.6 Å². The Labute approximate surface area is 144 Å². The largest absolute Gasteiger partial charge is 0.506 e. The molecular formula is C18H17N3O2S. The molecule has 0 saturated carbocycles. The molecule has 0 fully saturated rings. The maximum atomic E-state index is 12.7. The summed E-state index contributed by atoms with van der Waals surface area (Å²) in [5.74, 6) is -0.287. The van der Waals surface area contributed by atoms with Gasteiger partial charge in [0.05, 0.1) is 11.9 Å². The van der Waals surface area contributed by atoms with Crippen molar-refractivity contribution in [1.82, 2.24) is 9.55 Å². The van der Waals surface area contributed by atoms with Gasteiger partial charge in [-0.1, -0.05) is 36.0 Å². The van der Waals surface area contributed by atoms with Gasteiger partial charge in [-0.25, -0.2) is 4.98 Å². The van der Waals surface area contributed by atoms with Gasteiger partial charge in [0.2, 0.25) is 0 Å². The van der Waals surface area contributed by atoms with Gasteiger partial charge < -0.3 is 10.4 Å². The van der Waals surface area contributed by atoms with E-state index in [0.29, 0.717) is 11.4 Å². The highest BCUT2D eigenvalue weighted by Gasteiger charge is 2.18. The molecule has 0 saturated heterocycles. The number of nitrogens with one attached hydrogen (secondary N) is 1. The van der Waals surface area contributed by atoms with Gasteiger partial charge in [0, 0.05) is 5.69 Å². The highest BCUT2D eigenvalue weighted by atomic mass is 32.2. The lowest BCUT2D eigenvalue weighted by Gasteiger charge is -2.12. The van der Waals surface area contributed by atoms with Crippen LogP contribution in [0.15, 0.2) is 59.9 Å². The number of phenols is 1. The SMILES string of the molecule is CSc1ncc(C(=O)Nc2ccc(C)cc2O)n1-c1ccccc1. The number of nitrogens with zero attached hydrogens (tertiary/aromatic N) is 2. The molecule has 0 aliphatic heterocycles. The van der Waals surface area contributed by atoms with E-state index in [2.05, 4.69) is 10.3 Å². The molecule has 122 valence electrons. The molecule has 6 heteroatoms. The predicted octanol–water partition coefficient (Wildman–Crippen LogP) is 3.86. The molecule has 3 aromatic rings. The second kappa shape index (κ2) is 6.80. The second-order valence-electron chi connectivity index (χ2n) is 5.28. The van der Waals surface area contributed by atoms with Crippen LogP contribution in [0.4, 0.5) is 5.69 Å². The Bertz CT molecular complexity index is 875. The van der Waals surface area contributed by atoms with E-state index in [4.69, 9.17) is 0 Å². The van der Waals surface area contributed by atoms with Crippen LogP contribution in [-0.2, 0) is 0 Å². The van der Waals surface area contributed by atoms with Gasteiger partial charge in [-0.2, -0.15) is 0 Å². The zero-order chi connectivity index (χ0) is 17.1. The number of carbonyl (C=O) groups is 1.